The van der Waals surface area contributed by atoms with Crippen LogP contribution in [0.4, 0.5) is 10.5 Å². The van der Waals surface area contributed by atoms with Gasteiger partial charge in [-0.2, -0.15) is 0 Å². The zero-order valence-corrected chi connectivity index (χ0v) is 12.4. The smallest absolute Gasteiger partial charge is 0.325 e. The van der Waals surface area contributed by atoms with Crippen LogP contribution >= 0.6 is 0 Å². The number of aliphatic carboxylic acids is 1. The van der Waals surface area contributed by atoms with Gasteiger partial charge in [0.05, 0.1) is 0 Å². The second-order valence-corrected chi connectivity index (χ2v) is 5.50. The number of amides is 2. The zero-order chi connectivity index (χ0) is 15.2. The molecule has 5 nitrogen and oxygen atoms in total. The molecule has 1 fully saturated rings. The van der Waals surface area contributed by atoms with Crippen LogP contribution in [-0.4, -0.2) is 41.6 Å². The van der Waals surface area contributed by atoms with Gasteiger partial charge < -0.3 is 10.0 Å². The number of rotatable bonds is 3. The number of carbonyl (C=O) groups excluding carboxylic acids is 1. The largest absolute Gasteiger partial charge is 0.480 e. The standard InChI is InChI=1S/C16H22N2O3/c1-13-6-8-14(9-7-13)18(12-15(19)20)16(21)17-10-4-2-3-5-11-17/h6-9H,2-5,10-12H2,1H3,(H,19,20). The summed E-state index contributed by atoms with van der Waals surface area (Å²) in [5, 5.41) is 9.09. The number of carboxylic acid groups (broad SMARTS) is 1. The minimum absolute atomic E-state index is 0.205. The summed E-state index contributed by atoms with van der Waals surface area (Å²) in [7, 11) is 0. The summed E-state index contributed by atoms with van der Waals surface area (Å²) < 4.78 is 0. The summed E-state index contributed by atoms with van der Waals surface area (Å²) in [5.41, 5.74) is 1.72. The first-order valence-electron chi connectivity index (χ1n) is 7.43. The average Bonchev–Trinajstić information content (AvgIpc) is 2.74. The molecule has 0 aromatic heterocycles. The summed E-state index contributed by atoms with van der Waals surface area (Å²) in [6.07, 6.45) is 4.24. The molecule has 1 aromatic rings. The third-order valence-electron chi connectivity index (χ3n) is 3.75. The topological polar surface area (TPSA) is 60.9 Å². The lowest BCUT2D eigenvalue weighted by Crippen LogP contribution is -2.46. The Morgan fingerprint density at radius 3 is 2.19 bits per heavy atom. The van der Waals surface area contributed by atoms with E-state index in [1.165, 1.54) is 4.90 Å². The van der Waals surface area contributed by atoms with Crippen LogP contribution in [0.25, 0.3) is 0 Å². The molecule has 0 aliphatic carbocycles. The van der Waals surface area contributed by atoms with Gasteiger partial charge in [-0.15, -0.1) is 0 Å². The van der Waals surface area contributed by atoms with Crippen molar-refractivity contribution in [3.8, 4) is 0 Å². The number of carbonyl (C=O) groups is 2. The van der Waals surface area contributed by atoms with Crippen molar-refractivity contribution in [3.63, 3.8) is 0 Å². The van der Waals surface area contributed by atoms with Gasteiger partial charge in [0.1, 0.15) is 6.54 Å². The van der Waals surface area contributed by atoms with Crippen molar-refractivity contribution in [2.45, 2.75) is 32.6 Å². The molecule has 1 heterocycles. The number of hydrogen-bond acceptors (Lipinski definition) is 2. The van der Waals surface area contributed by atoms with Crippen LogP contribution in [0, 0.1) is 6.92 Å². The van der Waals surface area contributed by atoms with E-state index in [2.05, 4.69) is 0 Å². The highest BCUT2D eigenvalue weighted by Gasteiger charge is 2.24. The molecule has 1 aromatic carbocycles. The van der Waals surface area contributed by atoms with E-state index in [1.807, 2.05) is 19.1 Å². The predicted octanol–water partition coefficient (Wildman–Crippen LogP) is 2.88. The maximum atomic E-state index is 12.7. The number of carboxylic acids is 1. The molecular weight excluding hydrogens is 268 g/mol. The van der Waals surface area contributed by atoms with E-state index in [0.29, 0.717) is 18.8 Å². The second kappa shape index (κ2) is 7.11. The normalized spacial score (nSPS) is 15.4. The van der Waals surface area contributed by atoms with Crippen LogP contribution in [0.1, 0.15) is 31.2 Å². The Kier molecular flexibility index (Phi) is 5.20. The van der Waals surface area contributed by atoms with E-state index in [4.69, 9.17) is 5.11 Å². The van der Waals surface area contributed by atoms with Crippen molar-refractivity contribution in [1.29, 1.82) is 0 Å². The summed E-state index contributed by atoms with van der Waals surface area (Å²) in [4.78, 5) is 26.9. The average molecular weight is 290 g/mol. The molecule has 0 unspecified atom stereocenters. The fourth-order valence-corrected chi connectivity index (χ4v) is 2.56. The van der Waals surface area contributed by atoms with E-state index in [9.17, 15) is 9.59 Å². The van der Waals surface area contributed by atoms with Gasteiger partial charge in [-0.1, -0.05) is 30.5 Å². The first-order chi connectivity index (χ1) is 10.1. The minimum atomic E-state index is -1.00. The highest BCUT2D eigenvalue weighted by molar-refractivity contribution is 5.96. The Bertz CT molecular complexity index is 491. The van der Waals surface area contributed by atoms with Gasteiger partial charge >= 0.3 is 12.0 Å². The Balaban J connectivity index is 2.19. The first-order valence-corrected chi connectivity index (χ1v) is 7.43. The predicted molar refractivity (Wildman–Crippen MR) is 81.6 cm³/mol. The lowest BCUT2D eigenvalue weighted by molar-refractivity contribution is -0.135. The Hall–Kier alpha value is -2.04. The summed E-state index contributed by atoms with van der Waals surface area (Å²) in [6, 6.07) is 7.17. The van der Waals surface area contributed by atoms with Gasteiger partial charge in [0.2, 0.25) is 0 Å². The maximum Gasteiger partial charge on any atom is 0.325 e. The van der Waals surface area contributed by atoms with Gasteiger partial charge in [-0.05, 0) is 31.9 Å². The third-order valence-corrected chi connectivity index (χ3v) is 3.75. The molecule has 2 amide bonds. The van der Waals surface area contributed by atoms with E-state index >= 15 is 0 Å². The quantitative estimate of drug-likeness (QED) is 0.931. The van der Waals surface area contributed by atoms with Crippen LogP contribution < -0.4 is 4.90 Å². The van der Waals surface area contributed by atoms with E-state index in [1.54, 1.807) is 17.0 Å². The molecule has 0 radical (unpaired) electrons. The first kappa shape index (κ1) is 15.4. The monoisotopic (exact) mass is 290 g/mol. The minimum Gasteiger partial charge on any atom is -0.480 e. The lowest BCUT2D eigenvalue weighted by Gasteiger charge is -2.29. The van der Waals surface area contributed by atoms with Crippen molar-refractivity contribution in [2.24, 2.45) is 0 Å². The molecule has 0 bridgehead atoms. The molecule has 0 spiro atoms. The molecule has 1 saturated heterocycles. The molecule has 114 valence electrons. The molecule has 2 rings (SSSR count). The van der Waals surface area contributed by atoms with Crippen molar-refractivity contribution in [1.82, 2.24) is 4.90 Å². The fraction of sp³-hybridized carbons (Fsp3) is 0.500. The van der Waals surface area contributed by atoms with E-state index < -0.39 is 5.97 Å². The number of urea groups is 1. The van der Waals surface area contributed by atoms with E-state index in [-0.39, 0.29) is 12.6 Å². The van der Waals surface area contributed by atoms with Crippen LogP contribution in [0.15, 0.2) is 24.3 Å². The highest BCUT2D eigenvalue weighted by atomic mass is 16.4. The number of nitrogens with zero attached hydrogens (tertiary/aromatic N) is 2. The molecular formula is C16H22N2O3. The summed E-state index contributed by atoms with van der Waals surface area (Å²) in [6.45, 7) is 3.07. The highest BCUT2D eigenvalue weighted by Crippen LogP contribution is 2.19. The number of anilines is 1. The van der Waals surface area contributed by atoms with Crippen molar-refractivity contribution in [2.75, 3.05) is 24.5 Å². The van der Waals surface area contributed by atoms with Crippen LogP contribution in [0.3, 0.4) is 0 Å². The van der Waals surface area contributed by atoms with Crippen molar-refractivity contribution >= 4 is 17.7 Å². The molecule has 1 aliphatic rings. The van der Waals surface area contributed by atoms with Gasteiger partial charge in [0.25, 0.3) is 0 Å². The van der Waals surface area contributed by atoms with Crippen molar-refractivity contribution in [3.05, 3.63) is 29.8 Å². The Labute approximate surface area is 125 Å². The van der Waals surface area contributed by atoms with Gasteiger partial charge in [0.15, 0.2) is 0 Å². The molecule has 0 atom stereocenters. The zero-order valence-electron chi connectivity index (χ0n) is 12.4. The van der Waals surface area contributed by atoms with Gasteiger partial charge in [0, 0.05) is 18.8 Å². The van der Waals surface area contributed by atoms with Crippen molar-refractivity contribution < 1.29 is 14.7 Å². The fourth-order valence-electron chi connectivity index (χ4n) is 2.56. The van der Waals surface area contributed by atoms with Crippen LogP contribution in [0.2, 0.25) is 0 Å². The number of aryl methyl sites for hydroxylation is 1. The van der Waals surface area contributed by atoms with E-state index in [0.717, 1.165) is 31.2 Å². The molecule has 1 aliphatic heterocycles. The molecule has 1 N–H and O–H groups in total. The number of benzene rings is 1. The Morgan fingerprint density at radius 1 is 1.10 bits per heavy atom. The van der Waals surface area contributed by atoms with Gasteiger partial charge in [-0.3, -0.25) is 9.69 Å². The Morgan fingerprint density at radius 2 is 1.67 bits per heavy atom. The van der Waals surface area contributed by atoms with Gasteiger partial charge in [-0.25, -0.2) is 4.79 Å². The lowest BCUT2D eigenvalue weighted by atomic mass is 10.2. The molecule has 5 heteroatoms. The molecule has 0 saturated carbocycles. The second-order valence-electron chi connectivity index (χ2n) is 5.50. The maximum absolute atomic E-state index is 12.7. The number of hydrogen-bond donors (Lipinski definition) is 1. The summed E-state index contributed by atoms with van der Waals surface area (Å²) in [5.74, 6) is -1.00. The van der Waals surface area contributed by atoms with Crippen LogP contribution in [0.5, 0.6) is 0 Å². The number of likely N-dealkylation sites (tertiary alicyclic amines) is 1. The summed E-state index contributed by atoms with van der Waals surface area (Å²) >= 11 is 0. The third kappa shape index (κ3) is 4.21. The molecule has 21 heavy (non-hydrogen) atoms. The SMILES string of the molecule is Cc1ccc(N(CC(=O)O)C(=O)N2CCCCCC2)cc1. The van der Waals surface area contributed by atoms with Crippen LogP contribution in [-0.2, 0) is 4.79 Å².